The second-order valence-electron chi connectivity index (χ2n) is 4.38. The highest BCUT2D eigenvalue weighted by Crippen LogP contribution is 2.32. The van der Waals surface area contributed by atoms with Gasteiger partial charge in [0.05, 0.1) is 17.6 Å². The molecule has 8 heteroatoms. The molecule has 0 spiro atoms. The summed E-state index contributed by atoms with van der Waals surface area (Å²) in [6.07, 6.45) is 0. The van der Waals surface area contributed by atoms with Crippen LogP contribution in [0.2, 0.25) is 5.02 Å². The maximum atomic E-state index is 6.05. The number of benzene rings is 1. The van der Waals surface area contributed by atoms with Crippen LogP contribution in [-0.2, 0) is 11.3 Å². The van der Waals surface area contributed by atoms with Crippen molar-refractivity contribution in [3.63, 3.8) is 0 Å². The zero-order valence-corrected chi connectivity index (χ0v) is 13.9. The summed E-state index contributed by atoms with van der Waals surface area (Å²) in [5.41, 5.74) is 1.92. The van der Waals surface area contributed by atoms with Crippen LogP contribution < -0.4 is 0 Å². The van der Waals surface area contributed by atoms with Crippen LogP contribution in [0.1, 0.15) is 5.82 Å². The van der Waals surface area contributed by atoms with Gasteiger partial charge in [-0.3, -0.25) is 0 Å². The second kappa shape index (κ2) is 6.31. The summed E-state index contributed by atoms with van der Waals surface area (Å²) in [5, 5.41) is 1.56. The largest absolute Gasteiger partial charge is 0.383 e. The molecule has 1 aromatic carbocycles. The van der Waals surface area contributed by atoms with Crippen molar-refractivity contribution in [2.24, 2.45) is 0 Å². The van der Waals surface area contributed by atoms with Gasteiger partial charge in [0.15, 0.2) is 9.50 Å². The van der Waals surface area contributed by atoms with Crippen molar-refractivity contribution in [2.75, 3.05) is 13.7 Å². The predicted octanol–water partition coefficient (Wildman–Crippen LogP) is 3.65. The van der Waals surface area contributed by atoms with E-state index in [0.717, 1.165) is 32.9 Å². The number of fused-ring (bicyclic) bond motifs is 1. The van der Waals surface area contributed by atoms with Gasteiger partial charge in [-0.15, -0.1) is 0 Å². The van der Waals surface area contributed by atoms with Crippen molar-refractivity contribution >= 4 is 45.9 Å². The van der Waals surface area contributed by atoms with E-state index < -0.39 is 0 Å². The molecular weight excluding hydrogens is 328 g/mol. The van der Waals surface area contributed by atoms with Gasteiger partial charge in [-0.05, 0) is 48.4 Å². The smallest absolute Gasteiger partial charge is 0.177 e. The average Bonchev–Trinajstić information content (AvgIpc) is 3.00. The number of halogens is 1. The van der Waals surface area contributed by atoms with E-state index in [4.69, 9.17) is 16.3 Å². The summed E-state index contributed by atoms with van der Waals surface area (Å²) in [6, 6.07) is 5.73. The Morgan fingerprint density at radius 2 is 2.24 bits per heavy atom. The number of nitrogens with zero attached hydrogens (tertiary/aromatic N) is 4. The van der Waals surface area contributed by atoms with Crippen LogP contribution in [0, 0.1) is 6.92 Å². The van der Waals surface area contributed by atoms with Gasteiger partial charge in [0.1, 0.15) is 5.82 Å². The van der Waals surface area contributed by atoms with Crippen molar-refractivity contribution < 1.29 is 4.74 Å². The number of hydrogen-bond acceptors (Lipinski definition) is 6. The van der Waals surface area contributed by atoms with Gasteiger partial charge < -0.3 is 9.30 Å². The highest BCUT2D eigenvalue weighted by atomic mass is 35.5. The average molecular weight is 341 g/mol. The molecule has 0 N–H and O–H groups in total. The minimum absolute atomic E-state index is 0.622. The monoisotopic (exact) mass is 340 g/mol. The van der Waals surface area contributed by atoms with Gasteiger partial charge in [0.25, 0.3) is 0 Å². The van der Waals surface area contributed by atoms with E-state index in [-0.39, 0.29) is 0 Å². The zero-order chi connectivity index (χ0) is 14.8. The first-order valence-electron chi connectivity index (χ1n) is 6.30. The van der Waals surface area contributed by atoms with Gasteiger partial charge in [0.2, 0.25) is 0 Å². The van der Waals surface area contributed by atoms with Crippen LogP contribution in [0.25, 0.3) is 11.0 Å². The fraction of sp³-hybridized carbons (Fsp3) is 0.308. The highest BCUT2D eigenvalue weighted by molar-refractivity contribution is 8.00. The zero-order valence-electron chi connectivity index (χ0n) is 11.5. The van der Waals surface area contributed by atoms with E-state index in [0.29, 0.717) is 11.6 Å². The lowest BCUT2D eigenvalue weighted by molar-refractivity contribution is 0.186. The fourth-order valence-corrected chi connectivity index (χ4v) is 3.81. The van der Waals surface area contributed by atoms with Crippen molar-refractivity contribution in [1.82, 2.24) is 18.9 Å². The number of aromatic nitrogens is 4. The second-order valence-corrected chi connectivity index (χ2v) is 6.78. The third kappa shape index (κ3) is 3.21. The Bertz CT molecular complexity index is 771. The Morgan fingerprint density at radius 1 is 1.38 bits per heavy atom. The molecule has 5 nitrogen and oxygen atoms in total. The number of methoxy groups -OCH3 is 1. The molecule has 0 aliphatic carbocycles. The molecule has 0 saturated carbocycles. The van der Waals surface area contributed by atoms with Gasteiger partial charge in [-0.25, -0.2) is 9.97 Å². The van der Waals surface area contributed by atoms with E-state index in [1.54, 1.807) is 7.11 Å². The number of ether oxygens (including phenoxy) is 1. The van der Waals surface area contributed by atoms with E-state index in [1.165, 1.54) is 23.3 Å². The molecule has 0 aliphatic rings. The van der Waals surface area contributed by atoms with Gasteiger partial charge in [-0.1, -0.05) is 11.6 Å². The molecule has 0 saturated heterocycles. The van der Waals surface area contributed by atoms with Crippen LogP contribution >= 0.6 is 34.9 Å². The minimum atomic E-state index is 0.622. The molecular formula is C13H13ClN4OS2. The lowest BCUT2D eigenvalue weighted by Crippen LogP contribution is -2.05. The quantitative estimate of drug-likeness (QED) is 0.709. The van der Waals surface area contributed by atoms with E-state index >= 15 is 0 Å². The molecule has 0 fully saturated rings. The van der Waals surface area contributed by atoms with Crippen molar-refractivity contribution in [1.29, 1.82) is 0 Å². The molecule has 21 heavy (non-hydrogen) atoms. The number of rotatable bonds is 5. The molecule has 0 radical (unpaired) electrons. The van der Waals surface area contributed by atoms with Crippen LogP contribution in [0.4, 0.5) is 0 Å². The molecule has 0 atom stereocenters. The van der Waals surface area contributed by atoms with E-state index in [2.05, 4.69) is 18.9 Å². The number of imidazole rings is 1. The van der Waals surface area contributed by atoms with Crippen molar-refractivity contribution in [3.8, 4) is 0 Å². The fourth-order valence-electron chi connectivity index (χ4n) is 1.95. The van der Waals surface area contributed by atoms with Gasteiger partial charge in [-0.2, -0.15) is 4.37 Å². The molecule has 0 unspecified atom stereocenters. The summed E-state index contributed by atoms with van der Waals surface area (Å²) >= 11 is 8.94. The lowest BCUT2D eigenvalue weighted by atomic mass is 10.3. The Balaban J connectivity index is 2.02. The molecule has 2 heterocycles. The molecule has 3 rings (SSSR count). The summed E-state index contributed by atoms with van der Waals surface area (Å²) in [4.78, 5) is 9.03. The molecule has 0 aliphatic heterocycles. The third-order valence-electron chi connectivity index (χ3n) is 2.88. The Morgan fingerprint density at radius 3 is 2.95 bits per heavy atom. The maximum Gasteiger partial charge on any atom is 0.177 e. The van der Waals surface area contributed by atoms with Crippen LogP contribution in [0.5, 0.6) is 0 Å². The SMILES string of the molecule is COCCn1c(Sc2nc(C)ns2)nc2cc(Cl)ccc21. The minimum Gasteiger partial charge on any atom is -0.383 e. The summed E-state index contributed by atoms with van der Waals surface area (Å²) < 4.78 is 12.4. The maximum absolute atomic E-state index is 6.05. The first-order valence-corrected chi connectivity index (χ1v) is 8.27. The Hall–Kier alpha value is -1.15. The molecule has 0 bridgehead atoms. The van der Waals surface area contributed by atoms with Crippen molar-refractivity contribution in [3.05, 3.63) is 29.0 Å². The molecule has 110 valence electrons. The van der Waals surface area contributed by atoms with Crippen LogP contribution in [-0.4, -0.2) is 32.6 Å². The number of aryl methyl sites for hydroxylation is 1. The lowest BCUT2D eigenvalue weighted by Gasteiger charge is -2.06. The highest BCUT2D eigenvalue weighted by Gasteiger charge is 2.14. The van der Waals surface area contributed by atoms with Crippen LogP contribution in [0.3, 0.4) is 0 Å². The molecule has 0 amide bonds. The first-order chi connectivity index (χ1) is 10.2. The van der Waals surface area contributed by atoms with Crippen molar-refractivity contribution in [2.45, 2.75) is 23.0 Å². The predicted molar refractivity (Wildman–Crippen MR) is 85.4 cm³/mol. The molecule has 3 aromatic rings. The third-order valence-corrected chi connectivity index (χ3v) is 4.95. The Kier molecular flexibility index (Phi) is 4.44. The normalized spacial score (nSPS) is 11.4. The summed E-state index contributed by atoms with van der Waals surface area (Å²) in [6.45, 7) is 3.24. The first kappa shape index (κ1) is 14.8. The standard InChI is InChI=1S/C13H13ClN4OS2/c1-8-15-13(21-17-8)20-12-16-10-7-9(14)3-4-11(10)18(12)5-6-19-2/h3-4,7H,5-6H2,1-2H3. The number of hydrogen-bond donors (Lipinski definition) is 0. The summed E-state index contributed by atoms with van der Waals surface area (Å²) in [5.74, 6) is 0.782. The topological polar surface area (TPSA) is 52.8 Å². The van der Waals surface area contributed by atoms with Gasteiger partial charge >= 0.3 is 0 Å². The van der Waals surface area contributed by atoms with E-state index in [1.807, 2.05) is 25.1 Å². The van der Waals surface area contributed by atoms with Crippen LogP contribution in [0.15, 0.2) is 27.7 Å². The Labute approximate surface area is 135 Å². The van der Waals surface area contributed by atoms with E-state index in [9.17, 15) is 0 Å². The van der Waals surface area contributed by atoms with Gasteiger partial charge in [0, 0.05) is 18.7 Å². The molecule has 2 aromatic heterocycles. The summed E-state index contributed by atoms with van der Waals surface area (Å²) in [7, 11) is 1.69.